The van der Waals surface area contributed by atoms with Crippen molar-refractivity contribution in [2.45, 2.75) is 18.4 Å². The smallest absolute Gasteiger partial charge is 0.258 e. The third-order valence-electron chi connectivity index (χ3n) is 5.68. The Kier molecular flexibility index (Phi) is 6.24. The van der Waals surface area contributed by atoms with Gasteiger partial charge in [0.15, 0.2) is 11.6 Å². The van der Waals surface area contributed by atoms with Gasteiger partial charge in [0.05, 0.1) is 13.2 Å². The average Bonchev–Trinajstić information content (AvgIpc) is 2.70. The Balaban J connectivity index is 0.00000240. The van der Waals surface area contributed by atoms with Crippen molar-refractivity contribution in [1.29, 1.82) is 0 Å². The molecular weight excluding hydrogens is 404 g/mol. The molecule has 1 fully saturated rings. The molecule has 0 radical (unpaired) electrons. The minimum Gasteiger partial charge on any atom is -0.496 e. The van der Waals surface area contributed by atoms with Gasteiger partial charge in [0.25, 0.3) is 11.5 Å². The van der Waals surface area contributed by atoms with Gasteiger partial charge in [-0.3, -0.25) is 9.59 Å². The number of benzene rings is 1. The SMILES string of the molecule is COc1ccc(F)c(F)c1C(=O)NC[C@H]1[C@@H]2CNC[C@@H](C2)c2cccc(=O)n21.Cl. The highest BCUT2D eigenvalue weighted by Crippen LogP contribution is 2.38. The number of carbonyl (C=O) groups is 1. The molecule has 2 aliphatic rings. The molecule has 3 atom stereocenters. The van der Waals surface area contributed by atoms with E-state index in [2.05, 4.69) is 10.6 Å². The lowest BCUT2D eigenvalue weighted by Gasteiger charge is -2.43. The molecule has 3 heterocycles. The number of ether oxygens (including phenoxy) is 1. The molecule has 1 aromatic carbocycles. The molecule has 0 aliphatic carbocycles. The number of pyridine rings is 1. The van der Waals surface area contributed by atoms with Gasteiger partial charge in [-0.05, 0) is 30.5 Å². The fourth-order valence-electron chi connectivity index (χ4n) is 4.37. The van der Waals surface area contributed by atoms with Crippen LogP contribution in [0.25, 0.3) is 0 Å². The Bertz CT molecular complexity index is 982. The summed E-state index contributed by atoms with van der Waals surface area (Å²) in [7, 11) is 1.29. The number of fused-ring (bicyclic) bond motifs is 4. The molecule has 0 spiro atoms. The summed E-state index contributed by atoms with van der Waals surface area (Å²) in [6.45, 7) is 1.67. The zero-order valence-electron chi connectivity index (χ0n) is 15.8. The number of aromatic nitrogens is 1. The zero-order valence-corrected chi connectivity index (χ0v) is 16.6. The summed E-state index contributed by atoms with van der Waals surface area (Å²) in [6, 6.07) is 7.03. The van der Waals surface area contributed by atoms with Gasteiger partial charge in [0.1, 0.15) is 11.3 Å². The highest BCUT2D eigenvalue weighted by Gasteiger charge is 2.38. The van der Waals surface area contributed by atoms with Crippen molar-refractivity contribution in [3.8, 4) is 5.75 Å². The van der Waals surface area contributed by atoms with Crippen LogP contribution in [-0.4, -0.2) is 37.2 Å². The van der Waals surface area contributed by atoms with Gasteiger partial charge in [-0.15, -0.1) is 12.4 Å². The number of carbonyl (C=O) groups excluding carboxylic acids is 1. The van der Waals surface area contributed by atoms with E-state index in [1.54, 1.807) is 10.6 Å². The van der Waals surface area contributed by atoms with E-state index in [4.69, 9.17) is 4.74 Å². The van der Waals surface area contributed by atoms with Crippen LogP contribution < -0.4 is 20.9 Å². The van der Waals surface area contributed by atoms with Gasteiger partial charge >= 0.3 is 0 Å². The van der Waals surface area contributed by atoms with Gasteiger partial charge in [0, 0.05) is 37.3 Å². The number of nitrogens with one attached hydrogen (secondary N) is 2. The molecule has 1 saturated heterocycles. The first-order chi connectivity index (χ1) is 13.5. The van der Waals surface area contributed by atoms with E-state index < -0.39 is 23.1 Å². The summed E-state index contributed by atoms with van der Waals surface area (Å²) in [6.07, 6.45) is 0.911. The Labute approximate surface area is 172 Å². The molecular formula is C20H22ClF2N3O3. The Morgan fingerprint density at radius 3 is 2.83 bits per heavy atom. The van der Waals surface area contributed by atoms with Gasteiger partial charge in [-0.25, -0.2) is 8.78 Å². The number of halogens is 3. The van der Waals surface area contributed by atoms with Gasteiger partial charge in [0.2, 0.25) is 0 Å². The quantitative estimate of drug-likeness (QED) is 0.788. The van der Waals surface area contributed by atoms with Crippen molar-refractivity contribution in [1.82, 2.24) is 15.2 Å². The first kappa shape index (κ1) is 21.3. The second-order valence-corrected chi connectivity index (χ2v) is 7.23. The largest absolute Gasteiger partial charge is 0.496 e. The molecule has 0 unspecified atom stereocenters. The summed E-state index contributed by atoms with van der Waals surface area (Å²) in [5.74, 6) is -2.78. The molecule has 1 aromatic heterocycles. The van der Waals surface area contributed by atoms with E-state index in [9.17, 15) is 18.4 Å². The van der Waals surface area contributed by atoms with E-state index in [0.717, 1.165) is 31.3 Å². The third kappa shape index (κ3) is 3.74. The van der Waals surface area contributed by atoms with Crippen LogP contribution in [0.3, 0.4) is 0 Å². The normalized spacial score (nSPS) is 22.2. The van der Waals surface area contributed by atoms with Gasteiger partial charge < -0.3 is 19.9 Å². The molecule has 0 saturated carbocycles. The maximum Gasteiger partial charge on any atom is 0.258 e. The van der Waals surface area contributed by atoms with E-state index in [-0.39, 0.29) is 48.1 Å². The lowest BCUT2D eigenvalue weighted by molar-refractivity contribution is 0.0923. The predicted octanol–water partition coefficient (Wildman–Crippen LogP) is 2.23. The van der Waals surface area contributed by atoms with Crippen LogP contribution in [-0.2, 0) is 0 Å². The van der Waals surface area contributed by atoms with Crippen LogP contribution in [0.2, 0.25) is 0 Å². The fourth-order valence-corrected chi connectivity index (χ4v) is 4.37. The van der Waals surface area contributed by atoms with E-state index >= 15 is 0 Å². The second-order valence-electron chi connectivity index (χ2n) is 7.23. The Morgan fingerprint density at radius 1 is 1.28 bits per heavy atom. The van der Waals surface area contributed by atoms with Crippen LogP contribution in [0.5, 0.6) is 5.75 Å². The van der Waals surface area contributed by atoms with E-state index in [1.165, 1.54) is 19.2 Å². The second kappa shape index (κ2) is 8.51. The molecule has 2 aromatic rings. The van der Waals surface area contributed by atoms with Crippen LogP contribution in [0.1, 0.15) is 34.4 Å². The van der Waals surface area contributed by atoms with Crippen molar-refractivity contribution in [2.75, 3.05) is 26.7 Å². The summed E-state index contributed by atoms with van der Waals surface area (Å²) < 4.78 is 34.5. The Hall–Kier alpha value is -2.45. The summed E-state index contributed by atoms with van der Waals surface area (Å²) in [5, 5.41) is 6.04. The maximum absolute atomic E-state index is 14.2. The summed E-state index contributed by atoms with van der Waals surface area (Å²) in [5.41, 5.74) is 0.339. The Morgan fingerprint density at radius 2 is 2.07 bits per heavy atom. The molecule has 1 amide bonds. The summed E-state index contributed by atoms with van der Waals surface area (Å²) >= 11 is 0. The number of amides is 1. The van der Waals surface area contributed by atoms with Crippen LogP contribution in [0, 0.1) is 17.6 Å². The predicted molar refractivity (Wildman–Crippen MR) is 106 cm³/mol. The first-order valence-electron chi connectivity index (χ1n) is 9.23. The van der Waals surface area contributed by atoms with Crippen molar-refractivity contribution in [2.24, 2.45) is 5.92 Å². The van der Waals surface area contributed by atoms with E-state index in [0.29, 0.717) is 0 Å². The van der Waals surface area contributed by atoms with Crippen LogP contribution in [0.4, 0.5) is 8.78 Å². The van der Waals surface area contributed by atoms with Crippen LogP contribution in [0.15, 0.2) is 35.1 Å². The molecule has 4 rings (SSSR count). The van der Waals surface area contributed by atoms with Crippen LogP contribution >= 0.6 is 12.4 Å². The average molecular weight is 426 g/mol. The number of rotatable bonds is 4. The van der Waals surface area contributed by atoms with Crippen molar-refractivity contribution in [3.63, 3.8) is 0 Å². The topological polar surface area (TPSA) is 72.4 Å². The standard InChI is InChI=1S/C20H21F2N3O3.ClH/c1-28-16-6-5-13(21)19(22)18(16)20(27)24-10-15-12-7-11(8-23-9-12)14-3-2-4-17(26)25(14)15;/h2-6,11-12,15,23H,7-10H2,1H3,(H,24,27);1H/t11-,12+,15+;/m1./s1. The molecule has 2 aliphatic heterocycles. The first-order valence-corrected chi connectivity index (χ1v) is 9.23. The number of methoxy groups -OCH3 is 1. The highest BCUT2D eigenvalue weighted by atomic mass is 35.5. The van der Waals surface area contributed by atoms with Crippen molar-refractivity contribution >= 4 is 18.3 Å². The highest BCUT2D eigenvalue weighted by molar-refractivity contribution is 5.97. The van der Waals surface area contributed by atoms with Crippen molar-refractivity contribution in [3.05, 3.63) is 63.6 Å². The molecule has 9 heteroatoms. The number of piperidine rings is 1. The molecule has 29 heavy (non-hydrogen) atoms. The van der Waals surface area contributed by atoms with E-state index in [1.807, 2.05) is 6.07 Å². The zero-order chi connectivity index (χ0) is 19.8. The third-order valence-corrected chi connectivity index (χ3v) is 5.68. The number of nitrogens with zero attached hydrogens (tertiary/aromatic N) is 1. The molecule has 2 N–H and O–H groups in total. The lowest BCUT2D eigenvalue weighted by Crippen LogP contribution is -2.50. The van der Waals surface area contributed by atoms with Gasteiger partial charge in [-0.2, -0.15) is 0 Å². The number of hydrogen-bond acceptors (Lipinski definition) is 4. The number of hydrogen-bond donors (Lipinski definition) is 2. The lowest BCUT2D eigenvalue weighted by atomic mass is 9.79. The maximum atomic E-state index is 14.2. The summed E-state index contributed by atoms with van der Waals surface area (Å²) in [4.78, 5) is 25.1. The molecule has 6 nitrogen and oxygen atoms in total. The van der Waals surface area contributed by atoms with Crippen molar-refractivity contribution < 1.29 is 18.3 Å². The fraction of sp³-hybridized carbons (Fsp3) is 0.400. The molecule has 2 bridgehead atoms. The molecule has 156 valence electrons. The monoisotopic (exact) mass is 425 g/mol. The van der Waals surface area contributed by atoms with Gasteiger partial charge in [-0.1, -0.05) is 6.07 Å². The minimum atomic E-state index is -1.25. The minimum absolute atomic E-state index is 0.